The van der Waals surface area contributed by atoms with Crippen molar-refractivity contribution in [3.05, 3.63) is 28.7 Å². The molecule has 8 heteroatoms. The van der Waals surface area contributed by atoms with E-state index in [2.05, 4.69) is 25.9 Å². The predicted molar refractivity (Wildman–Crippen MR) is 93.0 cm³/mol. The first-order chi connectivity index (χ1) is 11.5. The average molecular weight is 395 g/mol. The van der Waals surface area contributed by atoms with Crippen LogP contribution in [0.15, 0.2) is 22.9 Å². The zero-order chi connectivity index (χ0) is 17.3. The molecule has 0 fully saturated rings. The molecule has 0 bridgehead atoms. The molecule has 2 N–H and O–H groups in total. The van der Waals surface area contributed by atoms with Gasteiger partial charge in [-0.05, 0) is 18.6 Å². The molecule has 126 valence electrons. The fourth-order valence-electron chi connectivity index (χ4n) is 2.65. The van der Waals surface area contributed by atoms with Gasteiger partial charge in [0, 0.05) is 9.86 Å². The number of nitrogens with zero attached hydrogens (tertiary/aromatic N) is 3. The number of carbonyl (C=O) groups excluding carboxylic acids is 1. The lowest BCUT2D eigenvalue weighted by atomic mass is 10.2. The second-order valence-corrected chi connectivity index (χ2v) is 6.32. The number of benzene rings is 1. The van der Waals surface area contributed by atoms with Crippen LogP contribution >= 0.6 is 15.9 Å². The van der Waals surface area contributed by atoms with E-state index >= 15 is 0 Å². The Morgan fingerprint density at radius 2 is 2.21 bits per heavy atom. The summed E-state index contributed by atoms with van der Waals surface area (Å²) >= 11 is 3.27. The van der Waals surface area contributed by atoms with Crippen LogP contribution in [0.2, 0.25) is 0 Å². The number of unbranched alkanes of at least 4 members (excludes halogenated alkanes) is 1. The topological polar surface area (TPSA) is 83.0 Å². The van der Waals surface area contributed by atoms with Gasteiger partial charge in [0.05, 0.1) is 17.5 Å². The molecule has 0 saturated carbocycles. The lowest BCUT2D eigenvalue weighted by Crippen LogP contribution is -2.15. The summed E-state index contributed by atoms with van der Waals surface area (Å²) in [5, 5.41) is 1.07. The molecule has 0 radical (unpaired) electrons. The van der Waals surface area contributed by atoms with E-state index in [0.29, 0.717) is 27.5 Å². The van der Waals surface area contributed by atoms with Crippen LogP contribution < -0.4 is 5.73 Å². The van der Waals surface area contributed by atoms with Crippen LogP contribution in [0, 0.1) is 5.82 Å². The minimum absolute atomic E-state index is 0.140. The largest absolute Gasteiger partial charge is 0.464 e. The van der Waals surface area contributed by atoms with Gasteiger partial charge in [0.15, 0.2) is 0 Å². The summed E-state index contributed by atoms with van der Waals surface area (Å²) in [5.41, 5.74) is 6.61. The fourth-order valence-corrected chi connectivity index (χ4v) is 3.08. The van der Waals surface area contributed by atoms with Crippen LogP contribution in [-0.2, 0) is 16.1 Å². The summed E-state index contributed by atoms with van der Waals surface area (Å²) in [6.45, 7) is 2.21. The van der Waals surface area contributed by atoms with Gasteiger partial charge < -0.3 is 15.0 Å². The van der Waals surface area contributed by atoms with Crippen molar-refractivity contribution in [2.75, 3.05) is 12.3 Å². The van der Waals surface area contributed by atoms with Crippen molar-refractivity contribution in [1.82, 2.24) is 14.5 Å². The van der Waals surface area contributed by atoms with Crippen molar-refractivity contribution in [1.29, 1.82) is 0 Å². The summed E-state index contributed by atoms with van der Waals surface area (Å²) in [4.78, 5) is 20.2. The maximum Gasteiger partial charge on any atom is 0.326 e. The Kier molecular flexibility index (Phi) is 4.66. The zero-order valence-corrected chi connectivity index (χ0v) is 14.6. The van der Waals surface area contributed by atoms with Crippen molar-refractivity contribution in [2.24, 2.45) is 0 Å². The summed E-state index contributed by atoms with van der Waals surface area (Å²) in [6, 6.07) is 3.07. The van der Waals surface area contributed by atoms with E-state index in [-0.39, 0.29) is 17.9 Å². The number of nitrogen functional groups attached to an aromatic ring is 1. The number of hydrogen-bond donors (Lipinski definition) is 1. The maximum atomic E-state index is 14.5. The van der Waals surface area contributed by atoms with Gasteiger partial charge in [-0.2, -0.15) is 0 Å². The highest BCUT2D eigenvalue weighted by molar-refractivity contribution is 9.10. The zero-order valence-electron chi connectivity index (χ0n) is 13.1. The standard InChI is InChI=1S/C16H16BrFN4O2/c1-2-3-4-24-12(23)7-22-14-10(5-9(17)6-11(14)18)13-15(19)20-8-21-16(13)22/h5-6,8H,2-4,7H2,1H3,(H2,19,20,21). The van der Waals surface area contributed by atoms with Gasteiger partial charge in [0.1, 0.15) is 30.2 Å². The first kappa shape index (κ1) is 16.6. The second-order valence-electron chi connectivity index (χ2n) is 5.40. The Morgan fingerprint density at radius 3 is 2.96 bits per heavy atom. The predicted octanol–water partition coefficient (Wildman–Crippen LogP) is 3.41. The maximum absolute atomic E-state index is 14.5. The van der Waals surface area contributed by atoms with E-state index in [4.69, 9.17) is 10.5 Å². The Morgan fingerprint density at radius 1 is 1.42 bits per heavy atom. The summed E-state index contributed by atoms with van der Waals surface area (Å²) in [5.74, 6) is -0.680. The van der Waals surface area contributed by atoms with Crippen LogP contribution in [0.4, 0.5) is 10.2 Å². The lowest BCUT2D eigenvalue weighted by molar-refractivity contribution is -0.144. The number of esters is 1. The third-order valence-electron chi connectivity index (χ3n) is 3.73. The van der Waals surface area contributed by atoms with Crippen LogP contribution in [0.5, 0.6) is 0 Å². The van der Waals surface area contributed by atoms with Crippen molar-refractivity contribution < 1.29 is 13.9 Å². The number of hydrogen-bond acceptors (Lipinski definition) is 5. The number of rotatable bonds is 5. The van der Waals surface area contributed by atoms with Crippen molar-refractivity contribution in [3.8, 4) is 0 Å². The molecule has 1 aromatic carbocycles. The van der Waals surface area contributed by atoms with Crippen molar-refractivity contribution >= 4 is 49.7 Å². The van der Waals surface area contributed by atoms with E-state index in [1.807, 2.05) is 6.92 Å². The van der Waals surface area contributed by atoms with E-state index in [0.717, 1.165) is 12.8 Å². The molecular weight excluding hydrogens is 379 g/mol. The minimum atomic E-state index is -0.474. The molecule has 6 nitrogen and oxygen atoms in total. The molecule has 0 unspecified atom stereocenters. The molecule has 0 atom stereocenters. The van der Waals surface area contributed by atoms with Crippen LogP contribution in [0.25, 0.3) is 21.9 Å². The Hall–Kier alpha value is -2.22. The number of halogens is 2. The molecule has 0 spiro atoms. The van der Waals surface area contributed by atoms with Crippen LogP contribution in [-0.4, -0.2) is 27.1 Å². The average Bonchev–Trinajstić information content (AvgIpc) is 2.83. The monoisotopic (exact) mass is 394 g/mol. The molecule has 0 aliphatic heterocycles. The third-order valence-corrected chi connectivity index (χ3v) is 4.19. The van der Waals surface area contributed by atoms with E-state index in [9.17, 15) is 9.18 Å². The lowest BCUT2D eigenvalue weighted by Gasteiger charge is -2.08. The minimum Gasteiger partial charge on any atom is -0.464 e. The highest BCUT2D eigenvalue weighted by atomic mass is 79.9. The number of carbonyl (C=O) groups is 1. The highest BCUT2D eigenvalue weighted by Crippen LogP contribution is 2.34. The summed E-state index contributed by atoms with van der Waals surface area (Å²) in [6.07, 6.45) is 3.01. The Balaban J connectivity index is 2.15. The van der Waals surface area contributed by atoms with Gasteiger partial charge in [-0.3, -0.25) is 4.79 Å². The van der Waals surface area contributed by atoms with Gasteiger partial charge in [-0.25, -0.2) is 14.4 Å². The number of fused-ring (bicyclic) bond motifs is 3. The molecule has 24 heavy (non-hydrogen) atoms. The van der Waals surface area contributed by atoms with Gasteiger partial charge in [-0.15, -0.1) is 0 Å². The van der Waals surface area contributed by atoms with Crippen LogP contribution in [0.3, 0.4) is 0 Å². The highest BCUT2D eigenvalue weighted by Gasteiger charge is 2.20. The molecule has 2 aromatic heterocycles. The smallest absolute Gasteiger partial charge is 0.326 e. The van der Waals surface area contributed by atoms with E-state index < -0.39 is 11.8 Å². The SMILES string of the molecule is CCCCOC(=O)Cn1c2ncnc(N)c2c2cc(Br)cc(F)c21. The first-order valence-electron chi connectivity index (χ1n) is 7.56. The molecule has 2 heterocycles. The molecule has 0 aliphatic carbocycles. The fraction of sp³-hybridized carbons (Fsp3) is 0.312. The Bertz CT molecular complexity index is 925. The van der Waals surface area contributed by atoms with Crippen molar-refractivity contribution in [2.45, 2.75) is 26.3 Å². The van der Waals surface area contributed by atoms with Crippen molar-refractivity contribution in [3.63, 3.8) is 0 Å². The number of aromatic nitrogens is 3. The number of ether oxygens (including phenoxy) is 1. The van der Waals surface area contributed by atoms with Crippen LogP contribution in [0.1, 0.15) is 19.8 Å². The molecule has 3 aromatic rings. The molecule has 3 rings (SSSR count). The van der Waals surface area contributed by atoms with Gasteiger partial charge >= 0.3 is 5.97 Å². The molecular formula is C16H16BrFN4O2. The Labute approximate surface area is 145 Å². The molecule has 0 saturated heterocycles. The van der Waals surface area contributed by atoms with Gasteiger partial charge in [0.2, 0.25) is 0 Å². The third kappa shape index (κ3) is 2.93. The van der Waals surface area contributed by atoms with Gasteiger partial charge in [0.25, 0.3) is 0 Å². The summed E-state index contributed by atoms with van der Waals surface area (Å²) < 4.78 is 21.8. The van der Waals surface area contributed by atoms with Gasteiger partial charge in [-0.1, -0.05) is 29.3 Å². The molecule has 0 amide bonds. The molecule has 0 aliphatic rings. The van der Waals surface area contributed by atoms with E-state index in [1.54, 1.807) is 6.07 Å². The normalized spacial score (nSPS) is 11.3. The first-order valence-corrected chi connectivity index (χ1v) is 8.35. The summed E-state index contributed by atoms with van der Waals surface area (Å²) in [7, 11) is 0. The van der Waals surface area contributed by atoms with E-state index in [1.165, 1.54) is 17.0 Å². The quantitative estimate of drug-likeness (QED) is 0.529. The second kappa shape index (κ2) is 6.72. The number of anilines is 1. The number of nitrogens with two attached hydrogens (primary N) is 1.